The van der Waals surface area contributed by atoms with Crippen molar-refractivity contribution in [2.75, 3.05) is 19.8 Å². The maximum Gasteiger partial charge on any atom is 0.251 e. The molecule has 29 heavy (non-hydrogen) atoms. The van der Waals surface area contributed by atoms with Crippen molar-refractivity contribution in [3.05, 3.63) is 60.2 Å². The first kappa shape index (κ1) is 22.3. The Morgan fingerprint density at radius 2 is 1.55 bits per heavy atom. The summed E-state index contributed by atoms with van der Waals surface area (Å²) in [6, 6.07) is 15.6. The number of amides is 2. The first-order chi connectivity index (χ1) is 14.0. The molecule has 2 aromatic carbocycles. The van der Waals surface area contributed by atoms with E-state index in [1.165, 1.54) is 0 Å². The van der Waals surface area contributed by atoms with E-state index in [4.69, 9.17) is 9.47 Å². The number of benzene rings is 2. The number of rotatable bonds is 11. The van der Waals surface area contributed by atoms with Crippen LogP contribution in [0.2, 0.25) is 0 Å². The van der Waals surface area contributed by atoms with Crippen molar-refractivity contribution < 1.29 is 19.1 Å². The van der Waals surface area contributed by atoms with Gasteiger partial charge < -0.3 is 20.1 Å². The minimum atomic E-state index is -0.599. The number of nitrogens with one attached hydrogen (secondary N) is 2. The highest BCUT2D eigenvalue weighted by Gasteiger charge is 2.26. The van der Waals surface area contributed by atoms with Crippen molar-refractivity contribution in [2.24, 2.45) is 5.92 Å². The van der Waals surface area contributed by atoms with E-state index in [0.717, 1.165) is 12.2 Å². The van der Waals surface area contributed by atoms with Crippen LogP contribution in [0, 0.1) is 5.92 Å². The van der Waals surface area contributed by atoms with Gasteiger partial charge in [-0.2, -0.15) is 0 Å². The molecular formula is C23H30N2O4. The van der Waals surface area contributed by atoms with Gasteiger partial charge in [-0.3, -0.25) is 9.59 Å². The third-order valence-electron chi connectivity index (χ3n) is 4.62. The summed E-state index contributed by atoms with van der Waals surface area (Å²) in [5.41, 5.74) is 0.535. The molecule has 0 aliphatic rings. The molecule has 0 bridgehead atoms. The fraction of sp³-hybridized carbons (Fsp3) is 0.391. The molecule has 2 unspecified atom stereocenters. The molecule has 156 valence electrons. The Morgan fingerprint density at radius 3 is 2.14 bits per heavy atom. The van der Waals surface area contributed by atoms with E-state index >= 15 is 0 Å². The highest BCUT2D eigenvalue weighted by Crippen LogP contribution is 2.17. The fourth-order valence-electron chi connectivity index (χ4n) is 2.77. The molecule has 0 saturated carbocycles. The highest BCUT2D eigenvalue weighted by atomic mass is 16.5. The van der Waals surface area contributed by atoms with Crippen LogP contribution >= 0.6 is 0 Å². The van der Waals surface area contributed by atoms with Crippen LogP contribution in [0.5, 0.6) is 11.5 Å². The first-order valence-electron chi connectivity index (χ1n) is 10.0. The quantitative estimate of drug-likeness (QED) is 0.569. The Labute approximate surface area is 172 Å². The van der Waals surface area contributed by atoms with Crippen LogP contribution in [0.15, 0.2) is 54.6 Å². The lowest BCUT2D eigenvalue weighted by atomic mass is 9.98. The lowest BCUT2D eigenvalue weighted by Crippen LogP contribution is -2.50. The summed E-state index contributed by atoms with van der Waals surface area (Å²) in [5, 5.41) is 5.71. The molecule has 6 heteroatoms. The van der Waals surface area contributed by atoms with Crippen molar-refractivity contribution in [1.29, 1.82) is 0 Å². The van der Waals surface area contributed by atoms with E-state index in [1.807, 2.05) is 51.1 Å². The van der Waals surface area contributed by atoms with Crippen molar-refractivity contribution in [3.63, 3.8) is 0 Å². The maximum atomic E-state index is 12.6. The standard InChI is InChI=1S/C23H30N2O4/c1-4-17(3)21(25-22(26)18-9-7-6-8-10-18)23(27)24-15-16-29-20-13-11-19(12-14-20)28-5-2/h6-14,17,21H,4-5,15-16H2,1-3H3,(H,24,27)(H,25,26). The molecule has 0 heterocycles. The number of hydrogen-bond acceptors (Lipinski definition) is 4. The lowest BCUT2D eigenvalue weighted by Gasteiger charge is -2.23. The van der Waals surface area contributed by atoms with Gasteiger partial charge in [0.2, 0.25) is 5.91 Å². The van der Waals surface area contributed by atoms with Crippen LogP contribution in [0.3, 0.4) is 0 Å². The molecule has 0 fully saturated rings. The van der Waals surface area contributed by atoms with E-state index in [-0.39, 0.29) is 17.7 Å². The van der Waals surface area contributed by atoms with E-state index in [2.05, 4.69) is 10.6 Å². The van der Waals surface area contributed by atoms with Crippen molar-refractivity contribution in [3.8, 4) is 11.5 Å². The van der Waals surface area contributed by atoms with Crippen molar-refractivity contribution in [1.82, 2.24) is 10.6 Å². The summed E-state index contributed by atoms with van der Waals surface area (Å²) in [6.07, 6.45) is 0.774. The average molecular weight is 399 g/mol. The van der Waals surface area contributed by atoms with Gasteiger partial charge in [-0.25, -0.2) is 0 Å². The minimum absolute atomic E-state index is 0.00897. The smallest absolute Gasteiger partial charge is 0.251 e. The molecule has 6 nitrogen and oxygen atoms in total. The zero-order valence-electron chi connectivity index (χ0n) is 17.3. The molecular weight excluding hydrogens is 368 g/mol. The second-order valence-electron chi connectivity index (χ2n) is 6.75. The van der Waals surface area contributed by atoms with Gasteiger partial charge in [0.05, 0.1) is 13.2 Å². The summed E-state index contributed by atoms with van der Waals surface area (Å²) >= 11 is 0. The Hall–Kier alpha value is -3.02. The molecule has 2 N–H and O–H groups in total. The largest absolute Gasteiger partial charge is 0.494 e. The second kappa shape index (κ2) is 11.7. The van der Waals surface area contributed by atoms with Gasteiger partial charge in [-0.1, -0.05) is 38.5 Å². The Morgan fingerprint density at radius 1 is 0.931 bits per heavy atom. The summed E-state index contributed by atoms with van der Waals surface area (Å²) in [5.74, 6) is 1.04. The normalized spacial score (nSPS) is 12.5. The SMILES string of the molecule is CCOc1ccc(OCCNC(=O)C(NC(=O)c2ccccc2)C(C)CC)cc1. The van der Waals surface area contributed by atoms with E-state index < -0.39 is 6.04 Å². The van der Waals surface area contributed by atoms with Crippen LogP contribution in [0.25, 0.3) is 0 Å². The van der Waals surface area contributed by atoms with Crippen LogP contribution in [-0.2, 0) is 4.79 Å². The van der Waals surface area contributed by atoms with Gasteiger partial charge in [-0.15, -0.1) is 0 Å². The predicted octanol–water partition coefficient (Wildman–Crippen LogP) is 3.43. The van der Waals surface area contributed by atoms with Gasteiger partial charge in [-0.05, 0) is 49.2 Å². The zero-order chi connectivity index (χ0) is 21.1. The highest BCUT2D eigenvalue weighted by molar-refractivity contribution is 5.97. The van der Waals surface area contributed by atoms with Gasteiger partial charge in [0.25, 0.3) is 5.91 Å². The minimum Gasteiger partial charge on any atom is -0.494 e. The number of carbonyl (C=O) groups is 2. The predicted molar refractivity (Wildman–Crippen MR) is 113 cm³/mol. The Bertz CT molecular complexity index is 762. The number of ether oxygens (including phenoxy) is 2. The van der Waals surface area contributed by atoms with Gasteiger partial charge in [0.1, 0.15) is 24.1 Å². The molecule has 0 aliphatic heterocycles. The molecule has 2 aromatic rings. The number of carbonyl (C=O) groups excluding carboxylic acids is 2. The van der Waals surface area contributed by atoms with Crippen LogP contribution < -0.4 is 20.1 Å². The van der Waals surface area contributed by atoms with Crippen LogP contribution in [0.4, 0.5) is 0 Å². The molecule has 2 atom stereocenters. The molecule has 0 saturated heterocycles. The van der Waals surface area contributed by atoms with E-state index in [9.17, 15) is 9.59 Å². The van der Waals surface area contributed by atoms with Crippen molar-refractivity contribution >= 4 is 11.8 Å². The first-order valence-corrected chi connectivity index (χ1v) is 10.0. The van der Waals surface area contributed by atoms with Gasteiger partial charge in [0.15, 0.2) is 0 Å². The average Bonchev–Trinajstić information content (AvgIpc) is 2.76. The molecule has 0 aliphatic carbocycles. The van der Waals surface area contributed by atoms with E-state index in [0.29, 0.717) is 31.1 Å². The second-order valence-corrected chi connectivity index (χ2v) is 6.75. The summed E-state index contributed by atoms with van der Waals surface area (Å²) in [4.78, 5) is 25.1. The molecule has 2 amide bonds. The van der Waals surface area contributed by atoms with E-state index in [1.54, 1.807) is 24.3 Å². The summed E-state index contributed by atoms with van der Waals surface area (Å²) in [7, 11) is 0. The molecule has 0 aromatic heterocycles. The zero-order valence-corrected chi connectivity index (χ0v) is 17.3. The van der Waals surface area contributed by atoms with Crippen molar-refractivity contribution in [2.45, 2.75) is 33.2 Å². The van der Waals surface area contributed by atoms with Gasteiger partial charge in [0, 0.05) is 5.56 Å². The molecule has 2 rings (SSSR count). The number of hydrogen-bond donors (Lipinski definition) is 2. The summed E-state index contributed by atoms with van der Waals surface area (Å²) < 4.78 is 11.0. The van der Waals surface area contributed by atoms with Crippen LogP contribution in [-0.4, -0.2) is 37.6 Å². The lowest BCUT2D eigenvalue weighted by molar-refractivity contribution is -0.124. The topological polar surface area (TPSA) is 76.7 Å². The third-order valence-corrected chi connectivity index (χ3v) is 4.62. The maximum absolute atomic E-state index is 12.6. The van der Waals surface area contributed by atoms with Crippen LogP contribution in [0.1, 0.15) is 37.6 Å². The Balaban J connectivity index is 1.83. The molecule has 0 spiro atoms. The molecule has 0 radical (unpaired) electrons. The summed E-state index contributed by atoms with van der Waals surface area (Å²) in [6.45, 7) is 7.17. The third kappa shape index (κ3) is 7.14. The Kier molecular flexibility index (Phi) is 9.02. The fourth-order valence-corrected chi connectivity index (χ4v) is 2.77. The monoisotopic (exact) mass is 398 g/mol. The van der Waals surface area contributed by atoms with Gasteiger partial charge >= 0.3 is 0 Å².